The van der Waals surface area contributed by atoms with E-state index in [1.165, 1.54) is 30.3 Å². The first-order chi connectivity index (χ1) is 18.6. The average molecular weight is 612 g/mol. The van der Waals surface area contributed by atoms with E-state index in [4.69, 9.17) is 4.74 Å². The first-order valence-electron chi connectivity index (χ1n) is 11.7. The van der Waals surface area contributed by atoms with Gasteiger partial charge in [0.05, 0.1) is 10.6 Å². The molecule has 0 aromatic heterocycles. The SMILES string of the molecule is Cc1cc(Br)c(NC(=O)COc2ccc(/C=C3/SC(=O)N(CC(=O)Nc4ccc(F)cc4)C3=O)cc2)cc1C. The number of imide groups is 1. The molecule has 3 aromatic rings. The Balaban J connectivity index is 1.31. The number of hydrogen-bond donors (Lipinski definition) is 2. The van der Waals surface area contributed by atoms with E-state index in [2.05, 4.69) is 26.6 Å². The Hall–Kier alpha value is -3.96. The largest absolute Gasteiger partial charge is 0.484 e. The number of halogens is 2. The summed E-state index contributed by atoms with van der Waals surface area (Å²) in [4.78, 5) is 50.7. The van der Waals surface area contributed by atoms with Crippen LogP contribution >= 0.6 is 27.7 Å². The molecule has 0 atom stereocenters. The summed E-state index contributed by atoms with van der Waals surface area (Å²) in [6.45, 7) is 3.29. The number of hydrogen-bond acceptors (Lipinski definition) is 6. The predicted molar refractivity (Wildman–Crippen MR) is 152 cm³/mol. The molecule has 3 aromatic carbocycles. The van der Waals surface area contributed by atoms with E-state index in [9.17, 15) is 23.6 Å². The molecular formula is C28H23BrFN3O5S. The number of benzene rings is 3. The fourth-order valence-corrected chi connectivity index (χ4v) is 4.93. The molecule has 0 spiro atoms. The Morgan fingerprint density at radius 2 is 1.64 bits per heavy atom. The minimum atomic E-state index is -0.589. The van der Waals surface area contributed by atoms with Gasteiger partial charge in [0.25, 0.3) is 17.1 Å². The second-order valence-corrected chi connectivity index (χ2v) is 10.5. The van der Waals surface area contributed by atoms with Crippen LogP contribution in [-0.2, 0) is 14.4 Å². The van der Waals surface area contributed by atoms with Gasteiger partial charge in [-0.2, -0.15) is 0 Å². The van der Waals surface area contributed by atoms with Crippen molar-refractivity contribution >= 4 is 68.1 Å². The molecule has 1 fully saturated rings. The molecule has 2 N–H and O–H groups in total. The molecule has 1 saturated heterocycles. The highest BCUT2D eigenvalue weighted by atomic mass is 79.9. The van der Waals surface area contributed by atoms with E-state index in [1.807, 2.05) is 26.0 Å². The fraction of sp³-hybridized carbons (Fsp3) is 0.143. The number of amides is 4. The lowest BCUT2D eigenvalue weighted by Crippen LogP contribution is -2.36. The molecule has 0 unspecified atom stereocenters. The Morgan fingerprint density at radius 1 is 0.974 bits per heavy atom. The Morgan fingerprint density at radius 3 is 2.33 bits per heavy atom. The number of nitrogens with one attached hydrogen (secondary N) is 2. The van der Waals surface area contributed by atoms with Crippen molar-refractivity contribution in [1.82, 2.24) is 4.90 Å². The summed E-state index contributed by atoms with van der Waals surface area (Å²) in [6.07, 6.45) is 1.54. The van der Waals surface area contributed by atoms with Crippen LogP contribution in [0.25, 0.3) is 6.08 Å². The highest BCUT2D eigenvalue weighted by Gasteiger charge is 2.36. The van der Waals surface area contributed by atoms with Gasteiger partial charge in [-0.25, -0.2) is 4.39 Å². The van der Waals surface area contributed by atoms with Crippen molar-refractivity contribution in [2.75, 3.05) is 23.8 Å². The number of rotatable bonds is 8. The average Bonchev–Trinajstić information content (AvgIpc) is 3.15. The summed E-state index contributed by atoms with van der Waals surface area (Å²) in [5, 5.41) is 4.77. The maximum absolute atomic E-state index is 13.0. The minimum Gasteiger partial charge on any atom is -0.484 e. The fourth-order valence-electron chi connectivity index (χ4n) is 3.54. The highest BCUT2D eigenvalue weighted by Crippen LogP contribution is 2.32. The predicted octanol–water partition coefficient (Wildman–Crippen LogP) is 5.90. The molecule has 0 radical (unpaired) electrons. The van der Waals surface area contributed by atoms with Crippen molar-refractivity contribution in [2.45, 2.75) is 13.8 Å². The van der Waals surface area contributed by atoms with E-state index in [1.54, 1.807) is 24.3 Å². The maximum atomic E-state index is 13.0. The number of ether oxygens (including phenoxy) is 1. The zero-order valence-electron chi connectivity index (χ0n) is 20.9. The summed E-state index contributed by atoms with van der Waals surface area (Å²) in [5.41, 5.74) is 3.79. The normalized spacial score (nSPS) is 14.1. The van der Waals surface area contributed by atoms with Gasteiger partial charge < -0.3 is 15.4 Å². The molecule has 1 heterocycles. The van der Waals surface area contributed by atoms with Crippen molar-refractivity contribution in [1.29, 1.82) is 0 Å². The van der Waals surface area contributed by atoms with Crippen LogP contribution in [0.1, 0.15) is 16.7 Å². The van der Waals surface area contributed by atoms with Crippen molar-refractivity contribution in [3.05, 3.63) is 92.5 Å². The topological polar surface area (TPSA) is 105 Å². The number of thioether (sulfide) groups is 1. The Kier molecular flexibility index (Phi) is 8.82. The van der Waals surface area contributed by atoms with Gasteiger partial charge in [-0.1, -0.05) is 12.1 Å². The third-order valence-corrected chi connectivity index (χ3v) is 7.27. The zero-order valence-corrected chi connectivity index (χ0v) is 23.3. The molecule has 0 bridgehead atoms. The monoisotopic (exact) mass is 611 g/mol. The first-order valence-corrected chi connectivity index (χ1v) is 13.3. The Labute approximate surface area is 236 Å². The molecular weight excluding hydrogens is 589 g/mol. The van der Waals surface area contributed by atoms with Gasteiger partial charge in [-0.3, -0.25) is 24.1 Å². The molecule has 200 valence electrons. The molecule has 0 aliphatic carbocycles. The quantitative estimate of drug-likeness (QED) is 0.307. The van der Waals surface area contributed by atoms with Crippen LogP contribution in [0.3, 0.4) is 0 Å². The molecule has 4 amide bonds. The van der Waals surface area contributed by atoms with Crippen LogP contribution in [0.5, 0.6) is 5.75 Å². The van der Waals surface area contributed by atoms with Crippen LogP contribution in [-0.4, -0.2) is 41.0 Å². The van der Waals surface area contributed by atoms with E-state index in [0.717, 1.165) is 32.3 Å². The number of aryl methyl sites for hydroxylation is 2. The van der Waals surface area contributed by atoms with E-state index in [-0.39, 0.29) is 17.4 Å². The van der Waals surface area contributed by atoms with Gasteiger partial charge >= 0.3 is 0 Å². The van der Waals surface area contributed by atoms with Crippen molar-refractivity contribution < 1.29 is 28.3 Å². The van der Waals surface area contributed by atoms with Crippen molar-refractivity contribution in [3.63, 3.8) is 0 Å². The van der Waals surface area contributed by atoms with Crippen molar-refractivity contribution in [3.8, 4) is 5.75 Å². The van der Waals surface area contributed by atoms with Gasteiger partial charge in [0.2, 0.25) is 5.91 Å². The lowest BCUT2D eigenvalue weighted by atomic mass is 10.1. The smallest absolute Gasteiger partial charge is 0.294 e. The summed E-state index contributed by atoms with van der Waals surface area (Å²) in [5.74, 6) is -1.49. The number of nitrogens with zero attached hydrogens (tertiary/aromatic N) is 1. The highest BCUT2D eigenvalue weighted by molar-refractivity contribution is 9.10. The van der Waals surface area contributed by atoms with Crippen LogP contribution in [0.2, 0.25) is 0 Å². The summed E-state index contributed by atoms with van der Waals surface area (Å²) in [7, 11) is 0. The summed E-state index contributed by atoms with van der Waals surface area (Å²) in [6, 6.07) is 15.6. The van der Waals surface area contributed by atoms with Crippen LogP contribution in [0, 0.1) is 19.7 Å². The molecule has 11 heteroatoms. The standard InChI is InChI=1S/C28H23BrFN3O5S/c1-16-11-22(29)23(12-17(16)2)32-26(35)15-38-21-9-3-18(4-10-21)13-24-27(36)33(28(37)39-24)14-25(34)31-20-7-5-19(30)6-8-20/h3-13H,14-15H2,1-2H3,(H,31,34)(H,32,35)/b24-13+. The molecule has 1 aliphatic heterocycles. The third kappa shape index (κ3) is 7.33. The van der Waals surface area contributed by atoms with Crippen LogP contribution < -0.4 is 15.4 Å². The number of anilines is 2. The zero-order chi connectivity index (χ0) is 28.1. The van der Waals surface area contributed by atoms with Gasteiger partial charge in [-0.05, 0) is 113 Å². The number of carbonyl (C=O) groups excluding carboxylic acids is 4. The van der Waals surface area contributed by atoms with E-state index >= 15 is 0 Å². The summed E-state index contributed by atoms with van der Waals surface area (Å²) >= 11 is 4.18. The maximum Gasteiger partial charge on any atom is 0.294 e. The minimum absolute atomic E-state index is 0.168. The van der Waals surface area contributed by atoms with E-state index < -0.39 is 29.4 Å². The van der Waals surface area contributed by atoms with Gasteiger partial charge in [-0.15, -0.1) is 0 Å². The third-order valence-electron chi connectivity index (χ3n) is 5.71. The van der Waals surface area contributed by atoms with E-state index in [0.29, 0.717) is 22.7 Å². The van der Waals surface area contributed by atoms with Gasteiger partial charge in [0, 0.05) is 10.2 Å². The van der Waals surface area contributed by atoms with Gasteiger partial charge in [0.15, 0.2) is 6.61 Å². The molecule has 4 rings (SSSR count). The number of carbonyl (C=O) groups is 4. The van der Waals surface area contributed by atoms with Crippen LogP contribution in [0.4, 0.5) is 20.6 Å². The van der Waals surface area contributed by atoms with Gasteiger partial charge in [0.1, 0.15) is 18.1 Å². The molecule has 39 heavy (non-hydrogen) atoms. The lowest BCUT2D eigenvalue weighted by molar-refractivity contribution is -0.127. The summed E-state index contributed by atoms with van der Waals surface area (Å²) < 4.78 is 19.4. The lowest BCUT2D eigenvalue weighted by Gasteiger charge is -2.12. The van der Waals surface area contributed by atoms with Crippen molar-refractivity contribution in [2.24, 2.45) is 0 Å². The Bertz CT molecular complexity index is 1480. The molecule has 0 saturated carbocycles. The van der Waals surface area contributed by atoms with Crippen LogP contribution in [0.15, 0.2) is 70.0 Å². The first kappa shape index (κ1) is 28.1. The second kappa shape index (κ2) is 12.3. The second-order valence-electron chi connectivity index (χ2n) is 8.65. The molecule has 8 nitrogen and oxygen atoms in total. The molecule has 1 aliphatic rings.